The van der Waals surface area contributed by atoms with E-state index in [4.69, 9.17) is 9.88 Å². The Labute approximate surface area is 176 Å². The van der Waals surface area contributed by atoms with Crippen LogP contribution in [0.2, 0.25) is 0 Å². The lowest BCUT2D eigenvalue weighted by Gasteiger charge is -2.31. The van der Waals surface area contributed by atoms with Crippen molar-refractivity contribution in [1.29, 1.82) is 0 Å². The minimum atomic E-state index is -3.50. The molecule has 0 spiro atoms. The van der Waals surface area contributed by atoms with Crippen LogP contribution < -0.4 is 15.2 Å². The lowest BCUT2D eigenvalue weighted by atomic mass is 9.99. The van der Waals surface area contributed by atoms with Gasteiger partial charge in [-0.25, -0.2) is 18.8 Å². The maximum Gasteiger partial charge on any atom is 0.354 e. The van der Waals surface area contributed by atoms with E-state index in [-0.39, 0.29) is 10.4 Å². The standard InChI is InChI=1S/C21H27N5O3S/c1-21(2)9-10-29-19-17(12-23-26(19)21)30(22,28)25-20(27)24-18-15-7-3-5-13(15)11-14-6-4-8-16(14)18/h11-12H,3-10H2,1-2H3,(H3,22,24,25,27,28). The first-order chi connectivity index (χ1) is 14.3. The predicted octanol–water partition coefficient (Wildman–Crippen LogP) is 3.31. The van der Waals surface area contributed by atoms with Gasteiger partial charge in [-0.2, -0.15) is 5.10 Å². The zero-order chi connectivity index (χ0) is 21.1. The number of nitrogens with zero attached hydrogens (tertiary/aromatic N) is 3. The Balaban J connectivity index is 1.49. The van der Waals surface area contributed by atoms with Gasteiger partial charge in [0.1, 0.15) is 4.90 Å². The van der Waals surface area contributed by atoms with Crippen molar-refractivity contribution in [3.05, 3.63) is 34.5 Å². The summed E-state index contributed by atoms with van der Waals surface area (Å²) in [7, 11) is -3.50. The molecule has 1 aliphatic heterocycles. The Bertz CT molecular complexity index is 1140. The average Bonchev–Trinajstić information content (AvgIpc) is 3.39. The van der Waals surface area contributed by atoms with Crippen LogP contribution in [0.3, 0.4) is 0 Å². The summed E-state index contributed by atoms with van der Waals surface area (Å²) in [6.45, 7) is 4.51. The van der Waals surface area contributed by atoms with Gasteiger partial charge in [0.05, 0.1) is 18.3 Å². The van der Waals surface area contributed by atoms with E-state index in [1.54, 1.807) is 4.68 Å². The quantitative estimate of drug-likeness (QED) is 0.763. The highest BCUT2D eigenvalue weighted by atomic mass is 32.2. The Kier molecular flexibility index (Phi) is 4.44. The van der Waals surface area contributed by atoms with Crippen molar-refractivity contribution in [2.24, 2.45) is 9.50 Å². The monoisotopic (exact) mass is 429 g/mol. The molecule has 0 radical (unpaired) electrons. The van der Waals surface area contributed by atoms with E-state index < -0.39 is 15.9 Å². The number of amides is 2. The van der Waals surface area contributed by atoms with Crippen LogP contribution in [0.1, 0.15) is 55.4 Å². The van der Waals surface area contributed by atoms with Crippen LogP contribution in [0.5, 0.6) is 5.88 Å². The van der Waals surface area contributed by atoms with Crippen LogP contribution in [0.15, 0.2) is 21.5 Å². The molecule has 1 aromatic heterocycles. The average molecular weight is 430 g/mol. The maximum absolute atomic E-state index is 13.2. The van der Waals surface area contributed by atoms with E-state index in [2.05, 4.69) is 20.8 Å². The second kappa shape index (κ2) is 6.81. The van der Waals surface area contributed by atoms with Crippen molar-refractivity contribution in [1.82, 2.24) is 9.78 Å². The Morgan fingerprint density at radius 3 is 2.57 bits per heavy atom. The van der Waals surface area contributed by atoms with E-state index in [0.29, 0.717) is 12.5 Å². The smallest absolute Gasteiger partial charge is 0.354 e. The molecule has 30 heavy (non-hydrogen) atoms. The van der Waals surface area contributed by atoms with E-state index in [9.17, 15) is 9.00 Å². The topological polar surface area (TPSA) is 112 Å². The van der Waals surface area contributed by atoms with Crippen molar-refractivity contribution in [3.63, 3.8) is 0 Å². The number of nitrogens with two attached hydrogens (primary N) is 1. The first-order valence-corrected chi connectivity index (χ1v) is 12.1. The van der Waals surface area contributed by atoms with Crippen LogP contribution in [0.4, 0.5) is 10.5 Å². The summed E-state index contributed by atoms with van der Waals surface area (Å²) in [5.74, 6) is 0.330. The van der Waals surface area contributed by atoms with Gasteiger partial charge in [-0.3, -0.25) is 0 Å². The van der Waals surface area contributed by atoms with Gasteiger partial charge in [-0.15, -0.1) is 4.36 Å². The van der Waals surface area contributed by atoms with Gasteiger partial charge in [-0.1, -0.05) is 6.07 Å². The molecule has 160 valence electrons. The summed E-state index contributed by atoms with van der Waals surface area (Å²) in [6, 6.07) is 1.61. The van der Waals surface area contributed by atoms with E-state index in [1.165, 1.54) is 28.5 Å². The molecule has 2 aliphatic carbocycles. The van der Waals surface area contributed by atoms with Crippen molar-refractivity contribution in [3.8, 4) is 5.88 Å². The number of aryl methyl sites for hydroxylation is 2. The van der Waals surface area contributed by atoms with Gasteiger partial charge in [0.2, 0.25) is 5.88 Å². The zero-order valence-corrected chi connectivity index (χ0v) is 18.2. The van der Waals surface area contributed by atoms with Crippen LogP contribution in [0.25, 0.3) is 0 Å². The van der Waals surface area contributed by atoms with Gasteiger partial charge < -0.3 is 10.1 Å². The molecule has 0 fully saturated rings. The van der Waals surface area contributed by atoms with Crippen molar-refractivity contribution in [2.45, 2.75) is 69.2 Å². The van der Waals surface area contributed by atoms with Crippen LogP contribution in [-0.2, 0) is 41.1 Å². The van der Waals surface area contributed by atoms with Gasteiger partial charge >= 0.3 is 6.03 Å². The van der Waals surface area contributed by atoms with Gasteiger partial charge in [0.15, 0.2) is 9.92 Å². The van der Waals surface area contributed by atoms with Gasteiger partial charge in [0.25, 0.3) is 0 Å². The minimum Gasteiger partial charge on any atom is -0.477 e. The second-order valence-electron chi connectivity index (χ2n) is 8.96. The Morgan fingerprint density at radius 2 is 1.90 bits per heavy atom. The third-order valence-electron chi connectivity index (χ3n) is 6.46. The van der Waals surface area contributed by atoms with Crippen molar-refractivity contribution < 1.29 is 13.7 Å². The molecule has 2 heterocycles. The van der Waals surface area contributed by atoms with Gasteiger partial charge in [0, 0.05) is 12.1 Å². The first kappa shape index (κ1) is 19.6. The summed E-state index contributed by atoms with van der Waals surface area (Å²) < 4.78 is 24.4. The van der Waals surface area contributed by atoms with Gasteiger partial charge in [-0.05, 0) is 74.6 Å². The number of rotatable bonds is 2. The van der Waals surface area contributed by atoms with E-state index in [0.717, 1.165) is 50.6 Å². The molecule has 5 rings (SSSR count). The number of ether oxygens (including phenoxy) is 1. The number of anilines is 1. The molecule has 3 aliphatic rings. The summed E-state index contributed by atoms with van der Waals surface area (Å²) in [5, 5.41) is 13.3. The minimum absolute atomic E-state index is 0.161. The molecule has 8 nitrogen and oxygen atoms in total. The lowest BCUT2D eigenvalue weighted by Crippen LogP contribution is -2.34. The molecule has 0 bridgehead atoms. The largest absolute Gasteiger partial charge is 0.477 e. The maximum atomic E-state index is 13.2. The molecular formula is C21H27N5O3S. The number of benzene rings is 1. The second-order valence-corrected chi connectivity index (χ2v) is 10.7. The highest BCUT2D eigenvalue weighted by Gasteiger charge is 2.34. The predicted molar refractivity (Wildman–Crippen MR) is 114 cm³/mol. The van der Waals surface area contributed by atoms with Crippen LogP contribution in [-0.4, -0.2) is 26.6 Å². The van der Waals surface area contributed by atoms with Crippen molar-refractivity contribution in [2.75, 3.05) is 11.9 Å². The normalized spacial score (nSPS) is 20.5. The highest BCUT2D eigenvalue weighted by Crippen LogP contribution is 2.39. The fourth-order valence-electron chi connectivity index (χ4n) is 4.86. The summed E-state index contributed by atoms with van der Waals surface area (Å²) in [5.41, 5.74) is 5.57. The SMILES string of the molecule is CC1(C)CCOc2c(S(N)(=O)=NC(=O)Nc3c4c(cc5c3CCC5)CCC4)cnn21. The molecule has 0 saturated heterocycles. The molecule has 2 amide bonds. The highest BCUT2D eigenvalue weighted by molar-refractivity contribution is 7.91. The number of hydrogen-bond acceptors (Lipinski definition) is 4. The van der Waals surface area contributed by atoms with Crippen molar-refractivity contribution >= 4 is 21.6 Å². The molecule has 9 heteroatoms. The number of fused-ring (bicyclic) bond motifs is 3. The fraction of sp³-hybridized carbons (Fsp3) is 0.524. The fourth-order valence-corrected chi connectivity index (χ4v) is 5.84. The zero-order valence-electron chi connectivity index (χ0n) is 17.4. The number of carbonyl (C=O) groups is 1. The Morgan fingerprint density at radius 1 is 1.23 bits per heavy atom. The number of hydrogen-bond donors (Lipinski definition) is 2. The summed E-state index contributed by atoms with van der Waals surface area (Å²) in [4.78, 5) is 13.0. The summed E-state index contributed by atoms with van der Waals surface area (Å²) in [6.07, 6.45) is 8.29. The van der Waals surface area contributed by atoms with Crippen LogP contribution in [0, 0.1) is 0 Å². The third kappa shape index (κ3) is 3.11. The molecule has 0 saturated carbocycles. The molecule has 3 N–H and O–H groups in total. The number of carbonyl (C=O) groups excluding carboxylic acids is 1. The summed E-state index contributed by atoms with van der Waals surface area (Å²) >= 11 is 0. The molecule has 1 aromatic carbocycles. The molecule has 1 atom stereocenters. The lowest BCUT2D eigenvalue weighted by molar-refractivity contribution is 0.135. The first-order valence-electron chi connectivity index (χ1n) is 10.5. The third-order valence-corrected chi connectivity index (χ3v) is 7.81. The number of nitrogens with one attached hydrogen (secondary N) is 1. The van der Waals surface area contributed by atoms with E-state index >= 15 is 0 Å². The molecule has 2 aromatic rings. The Hall–Kier alpha value is -2.39. The molecular weight excluding hydrogens is 402 g/mol. The molecule has 1 unspecified atom stereocenters. The number of urea groups is 1. The van der Waals surface area contributed by atoms with E-state index in [1.807, 2.05) is 13.8 Å². The number of aromatic nitrogens is 2. The van der Waals surface area contributed by atoms with Crippen LogP contribution >= 0.6 is 0 Å².